The van der Waals surface area contributed by atoms with Gasteiger partial charge in [0.1, 0.15) is 0 Å². The molecule has 0 unspecified atom stereocenters. The minimum atomic E-state index is -0.611. The second-order valence-electron chi connectivity index (χ2n) is 7.39. The maximum atomic E-state index is 12.9. The average Bonchev–Trinajstić information content (AvgIpc) is 3.32. The summed E-state index contributed by atoms with van der Waals surface area (Å²) in [4.78, 5) is 28.0. The Labute approximate surface area is 191 Å². The molecule has 4 rings (SSSR count). The summed E-state index contributed by atoms with van der Waals surface area (Å²) in [6.45, 7) is 0.234. The van der Waals surface area contributed by atoms with Crippen molar-refractivity contribution in [2.24, 2.45) is 0 Å². The standard InChI is InChI=1S/C25H23N5O3/c31-23(29(16-20-10-4-1-5-11-20)17-21-12-6-2-7-13-21)19-33-24(32)18-30-27-25(26-28-30)22-14-8-3-9-15-22/h1-15H,16-19H2. The van der Waals surface area contributed by atoms with Crippen molar-refractivity contribution < 1.29 is 14.3 Å². The van der Waals surface area contributed by atoms with Gasteiger partial charge in [-0.25, -0.2) is 4.79 Å². The summed E-state index contributed by atoms with van der Waals surface area (Å²) in [5.41, 5.74) is 2.78. The Morgan fingerprint density at radius 1 is 0.788 bits per heavy atom. The van der Waals surface area contributed by atoms with Crippen molar-refractivity contribution in [3.63, 3.8) is 0 Å². The molecule has 166 valence electrons. The van der Waals surface area contributed by atoms with Gasteiger partial charge in [-0.05, 0) is 16.3 Å². The minimum absolute atomic E-state index is 0.232. The monoisotopic (exact) mass is 441 g/mol. The van der Waals surface area contributed by atoms with Gasteiger partial charge in [0.25, 0.3) is 5.91 Å². The zero-order chi connectivity index (χ0) is 22.9. The number of aromatic nitrogens is 4. The average molecular weight is 441 g/mol. The van der Waals surface area contributed by atoms with Crippen LogP contribution in [-0.2, 0) is 34.0 Å². The van der Waals surface area contributed by atoms with E-state index in [2.05, 4.69) is 15.4 Å². The SMILES string of the molecule is O=C(Cn1nnc(-c2ccccc2)n1)OCC(=O)N(Cc1ccccc1)Cc1ccccc1. The van der Waals surface area contributed by atoms with E-state index in [0.717, 1.165) is 21.5 Å². The number of amides is 1. The number of benzene rings is 3. The number of carbonyl (C=O) groups is 2. The highest BCUT2D eigenvalue weighted by atomic mass is 16.5. The van der Waals surface area contributed by atoms with Crippen LogP contribution in [-0.4, -0.2) is 43.6 Å². The van der Waals surface area contributed by atoms with Crippen molar-refractivity contribution in [2.75, 3.05) is 6.61 Å². The van der Waals surface area contributed by atoms with Crippen LogP contribution in [0.1, 0.15) is 11.1 Å². The number of carbonyl (C=O) groups excluding carboxylic acids is 2. The molecule has 1 amide bonds. The van der Waals surface area contributed by atoms with Crippen LogP contribution in [0.5, 0.6) is 0 Å². The van der Waals surface area contributed by atoms with Crippen LogP contribution >= 0.6 is 0 Å². The Kier molecular flexibility index (Phi) is 7.17. The van der Waals surface area contributed by atoms with E-state index in [1.807, 2.05) is 91.0 Å². The van der Waals surface area contributed by atoms with Gasteiger partial charge in [0.05, 0.1) is 0 Å². The van der Waals surface area contributed by atoms with Crippen LogP contribution < -0.4 is 0 Å². The van der Waals surface area contributed by atoms with Gasteiger partial charge >= 0.3 is 5.97 Å². The first-order valence-electron chi connectivity index (χ1n) is 10.5. The Morgan fingerprint density at radius 3 is 1.91 bits per heavy atom. The molecule has 0 N–H and O–H groups in total. The van der Waals surface area contributed by atoms with E-state index in [-0.39, 0.29) is 19.1 Å². The topological polar surface area (TPSA) is 90.2 Å². The summed E-state index contributed by atoms with van der Waals surface area (Å²) < 4.78 is 5.22. The lowest BCUT2D eigenvalue weighted by Crippen LogP contribution is -2.34. The van der Waals surface area contributed by atoms with Crippen molar-refractivity contribution in [3.8, 4) is 11.4 Å². The lowest BCUT2D eigenvalue weighted by molar-refractivity contribution is -0.153. The molecular weight excluding hydrogens is 418 g/mol. The normalized spacial score (nSPS) is 10.5. The summed E-state index contributed by atoms with van der Waals surface area (Å²) in [7, 11) is 0. The largest absolute Gasteiger partial charge is 0.454 e. The third-order valence-corrected chi connectivity index (χ3v) is 4.90. The zero-order valence-corrected chi connectivity index (χ0v) is 17.9. The molecule has 0 aliphatic rings. The summed E-state index contributed by atoms with van der Waals surface area (Å²) >= 11 is 0. The Morgan fingerprint density at radius 2 is 1.33 bits per heavy atom. The first-order valence-corrected chi connectivity index (χ1v) is 10.5. The van der Waals surface area contributed by atoms with Gasteiger partial charge in [0.2, 0.25) is 5.82 Å². The van der Waals surface area contributed by atoms with Crippen molar-refractivity contribution in [1.29, 1.82) is 0 Å². The fraction of sp³-hybridized carbons (Fsp3) is 0.160. The summed E-state index contributed by atoms with van der Waals surface area (Å²) in [6, 6.07) is 28.7. The first kappa shape index (κ1) is 21.9. The van der Waals surface area contributed by atoms with E-state index in [1.54, 1.807) is 4.90 Å². The molecule has 0 aliphatic carbocycles. The molecule has 0 fully saturated rings. The number of rotatable bonds is 9. The molecule has 0 atom stereocenters. The summed E-state index contributed by atoms with van der Waals surface area (Å²) in [5, 5.41) is 12.0. The van der Waals surface area contributed by atoms with Gasteiger partial charge < -0.3 is 9.64 Å². The Hall–Kier alpha value is -4.33. The highest BCUT2D eigenvalue weighted by Gasteiger charge is 2.18. The fourth-order valence-electron chi connectivity index (χ4n) is 3.25. The number of esters is 1. The molecule has 0 saturated heterocycles. The number of tetrazole rings is 1. The van der Waals surface area contributed by atoms with Crippen molar-refractivity contribution in [3.05, 3.63) is 102 Å². The van der Waals surface area contributed by atoms with E-state index < -0.39 is 5.97 Å². The second kappa shape index (κ2) is 10.8. The lowest BCUT2D eigenvalue weighted by Gasteiger charge is -2.23. The molecular formula is C25H23N5O3. The van der Waals surface area contributed by atoms with Crippen LogP contribution in [0, 0.1) is 0 Å². The van der Waals surface area contributed by atoms with Crippen molar-refractivity contribution in [2.45, 2.75) is 19.6 Å². The molecule has 1 aromatic heterocycles. The van der Waals surface area contributed by atoms with E-state index in [1.165, 1.54) is 0 Å². The van der Waals surface area contributed by atoms with Gasteiger partial charge in [0.15, 0.2) is 13.2 Å². The molecule has 8 heteroatoms. The van der Waals surface area contributed by atoms with Gasteiger partial charge in [0, 0.05) is 18.7 Å². The maximum absolute atomic E-state index is 12.9. The van der Waals surface area contributed by atoms with E-state index in [9.17, 15) is 9.59 Å². The van der Waals surface area contributed by atoms with Crippen molar-refractivity contribution >= 4 is 11.9 Å². The number of hydrogen-bond acceptors (Lipinski definition) is 6. The molecule has 33 heavy (non-hydrogen) atoms. The van der Waals surface area contributed by atoms with Crippen LogP contribution in [0.15, 0.2) is 91.0 Å². The molecule has 0 saturated carbocycles. The molecule has 0 radical (unpaired) electrons. The first-order chi connectivity index (χ1) is 16.2. The number of nitrogens with zero attached hydrogens (tertiary/aromatic N) is 5. The molecule has 0 bridgehead atoms. The molecule has 8 nitrogen and oxygen atoms in total. The molecule has 4 aromatic rings. The van der Waals surface area contributed by atoms with Gasteiger partial charge in [-0.2, -0.15) is 4.80 Å². The van der Waals surface area contributed by atoms with Crippen LogP contribution in [0.3, 0.4) is 0 Å². The lowest BCUT2D eigenvalue weighted by atomic mass is 10.1. The maximum Gasteiger partial charge on any atom is 0.330 e. The number of hydrogen-bond donors (Lipinski definition) is 0. The molecule has 1 heterocycles. The fourth-order valence-corrected chi connectivity index (χ4v) is 3.25. The molecule has 0 aliphatic heterocycles. The van der Waals surface area contributed by atoms with Crippen LogP contribution in [0.2, 0.25) is 0 Å². The van der Waals surface area contributed by atoms with E-state index in [0.29, 0.717) is 18.9 Å². The highest BCUT2D eigenvalue weighted by molar-refractivity contribution is 5.80. The van der Waals surface area contributed by atoms with E-state index >= 15 is 0 Å². The third-order valence-electron chi connectivity index (χ3n) is 4.90. The van der Waals surface area contributed by atoms with Crippen molar-refractivity contribution in [1.82, 2.24) is 25.1 Å². The van der Waals surface area contributed by atoms with Gasteiger partial charge in [-0.3, -0.25) is 4.79 Å². The van der Waals surface area contributed by atoms with Gasteiger partial charge in [-0.1, -0.05) is 91.0 Å². The second-order valence-corrected chi connectivity index (χ2v) is 7.39. The van der Waals surface area contributed by atoms with E-state index in [4.69, 9.17) is 4.74 Å². The van der Waals surface area contributed by atoms with Crippen LogP contribution in [0.4, 0.5) is 0 Å². The predicted molar refractivity (Wildman–Crippen MR) is 121 cm³/mol. The predicted octanol–water partition coefficient (Wildman–Crippen LogP) is 3.11. The highest BCUT2D eigenvalue weighted by Crippen LogP contribution is 2.12. The zero-order valence-electron chi connectivity index (χ0n) is 17.9. The minimum Gasteiger partial charge on any atom is -0.454 e. The van der Waals surface area contributed by atoms with Gasteiger partial charge in [-0.15, -0.1) is 10.2 Å². The number of ether oxygens (including phenoxy) is 1. The van der Waals surface area contributed by atoms with Crippen LogP contribution in [0.25, 0.3) is 11.4 Å². The summed E-state index contributed by atoms with van der Waals surface area (Å²) in [5.74, 6) is -0.483. The Balaban J connectivity index is 1.35. The summed E-state index contributed by atoms with van der Waals surface area (Å²) in [6.07, 6.45) is 0. The third kappa shape index (κ3) is 6.33. The molecule has 3 aromatic carbocycles. The Bertz CT molecular complexity index is 1140. The molecule has 0 spiro atoms. The smallest absolute Gasteiger partial charge is 0.330 e. The quantitative estimate of drug-likeness (QED) is 0.371.